The van der Waals surface area contributed by atoms with Crippen LogP contribution in [-0.2, 0) is 29.0 Å². The Morgan fingerprint density at radius 1 is 0.822 bits per heavy atom. The van der Waals surface area contributed by atoms with Crippen LogP contribution in [0.15, 0.2) is 41.2 Å². The number of methoxy groups -OCH3 is 5. The molecular weight excluding hydrogens is 578 g/mol. The molecular formula is C34H39N3O8. The highest BCUT2D eigenvalue weighted by molar-refractivity contribution is 5.84. The minimum atomic E-state index is -0.426. The molecule has 0 unspecified atom stereocenters. The fraction of sp³-hybridized carbons (Fsp3) is 0.382. The summed E-state index contributed by atoms with van der Waals surface area (Å²) in [5, 5.41) is 6.08. The Morgan fingerprint density at radius 3 is 2.13 bits per heavy atom. The summed E-state index contributed by atoms with van der Waals surface area (Å²) in [6.07, 6.45) is 1.83. The molecule has 238 valence electrons. The zero-order chi connectivity index (χ0) is 32.2. The molecule has 0 saturated carbocycles. The van der Waals surface area contributed by atoms with E-state index in [1.54, 1.807) is 46.5 Å². The quantitative estimate of drug-likeness (QED) is 0.368. The van der Waals surface area contributed by atoms with E-state index in [-0.39, 0.29) is 29.5 Å². The van der Waals surface area contributed by atoms with Crippen LogP contribution in [0, 0.1) is 0 Å². The normalized spacial score (nSPS) is 15.0. The van der Waals surface area contributed by atoms with Crippen molar-refractivity contribution in [1.29, 1.82) is 0 Å². The number of ether oxygens (including phenoxy) is 5. The van der Waals surface area contributed by atoms with Crippen LogP contribution in [0.3, 0.4) is 0 Å². The molecule has 11 heteroatoms. The minimum Gasteiger partial charge on any atom is -0.493 e. The van der Waals surface area contributed by atoms with Crippen LogP contribution in [0.4, 0.5) is 5.69 Å². The van der Waals surface area contributed by atoms with Gasteiger partial charge in [0.15, 0.2) is 23.0 Å². The van der Waals surface area contributed by atoms with Gasteiger partial charge >= 0.3 is 0 Å². The zero-order valence-electron chi connectivity index (χ0n) is 26.5. The number of benzene rings is 2. The Bertz CT molecular complexity index is 1690. The molecule has 1 aliphatic heterocycles. The van der Waals surface area contributed by atoms with E-state index in [1.807, 2.05) is 24.3 Å². The lowest BCUT2D eigenvalue weighted by atomic mass is 9.95. The first-order valence-electron chi connectivity index (χ1n) is 14.8. The molecule has 45 heavy (non-hydrogen) atoms. The van der Waals surface area contributed by atoms with E-state index in [0.29, 0.717) is 72.2 Å². The highest BCUT2D eigenvalue weighted by Crippen LogP contribution is 2.50. The van der Waals surface area contributed by atoms with Gasteiger partial charge in [-0.15, -0.1) is 0 Å². The summed E-state index contributed by atoms with van der Waals surface area (Å²) >= 11 is 0. The standard InChI is InChI=1S/C34H39N3O8/c1-19(38)36-25-9-7-21-14-30(43-4)33(44-5)34(45-6)32(21)23-8-10-26(27(39)16-24(23)25)35-17-31(40)37-12-11-20-13-28(41-2)29(42-3)15-22(20)18-37/h8,10,13-16,25H,7,9,11-12,17-18H2,1-6H3,(H,35,39)(H,36,38)/t25-/m0/s1. The maximum Gasteiger partial charge on any atom is 0.242 e. The fourth-order valence-electron chi connectivity index (χ4n) is 6.23. The number of nitrogens with one attached hydrogen (secondary N) is 2. The number of aryl methyl sites for hydroxylation is 1. The molecule has 0 aromatic heterocycles. The highest BCUT2D eigenvalue weighted by atomic mass is 16.5. The van der Waals surface area contributed by atoms with Gasteiger partial charge in [0.05, 0.1) is 53.8 Å². The third-order valence-electron chi connectivity index (χ3n) is 8.42. The maximum absolute atomic E-state index is 13.6. The first-order chi connectivity index (χ1) is 21.7. The van der Waals surface area contributed by atoms with E-state index in [2.05, 4.69) is 10.6 Å². The lowest BCUT2D eigenvalue weighted by Gasteiger charge is -2.29. The van der Waals surface area contributed by atoms with Gasteiger partial charge in [-0.05, 0) is 77.4 Å². The average molecular weight is 618 g/mol. The first-order valence-corrected chi connectivity index (χ1v) is 14.8. The molecule has 11 nitrogen and oxygen atoms in total. The number of amides is 2. The molecule has 3 aromatic carbocycles. The summed E-state index contributed by atoms with van der Waals surface area (Å²) < 4.78 is 28.0. The van der Waals surface area contributed by atoms with E-state index in [0.717, 1.165) is 22.3 Å². The van der Waals surface area contributed by atoms with Crippen LogP contribution in [-0.4, -0.2) is 65.4 Å². The topological polar surface area (TPSA) is 125 Å². The van der Waals surface area contributed by atoms with Gasteiger partial charge in [-0.25, -0.2) is 0 Å². The molecule has 2 aliphatic rings. The Balaban J connectivity index is 1.47. The van der Waals surface area contributed by atoms with E-state index in [9.17, 15) is 14.4 Å². The summed E-state index contributed by atoms with van der Waals surface area (Å²) in [5.74, 6) is 2.36. The average Bonchev–Trinajstić information content (AvgIpc) is 3.29. The van der Waals surface area contributed by atoms with Gasteiger partial charge in [0.1, 0.15) is 0 Å². The smallest absolute Gasteiger partial charge is 0.242 e. The molecule has 1 atom stereocenters. The summed E-state index contributed by atoms with van der Waals surface area (Å²) in [7, 11) is 7.84. The van der Waals surface area contributed by atoms with Crippen LogP contribution >= 0.6 is 0 Å². The van der Waals surface area contributed by atoms with Gasteiger partial charge in [0.25, 0.3) is 0 Å². The van der Waals surface area contributed by atoms with Gasteiger partial charge in [0.2, 0.25) is 23.0 Å². The predicted octanol–water partition coefficient (Wildman–Crippen LogP) is 3.88. The number of carbonyl (C=O) groups excluding carboxylic acids is 2. The van der Waals surface area contributed by atoms with Crippen molar-refractivity contribution in [2.24, 2.45) is 0 Å². The van der Waals surface area contributed by atoms with Crippen molar-refractivity contribution in [1.82, 2.24) is 10.2 Å². The van der Waals surface area contributed by atoms with E-state index in [1.165, 1.54) is 13.0 Å². The van der Waals surface area contributed by atoms with Crippen LogP contribution in [0.5, 0.6) is 28.7 Å². The number of anilines is 1. The number of carbonyl (C=O) groups is 2. The van der Waals surface area contributed by atoms with Crippen LogP contribution in [0.2, 0.25) is 0 Å². The Morgan fingerprint density at radius 2 is 1.49 bits per heavy atom. The van der Waals surface area contributed by atoms with Gasteiger partial charge in [0, 0.05) is 25.6 Å². The summed E-state index contributed by atoms with van der Waals surface area (Å²) in [6, 6.07) is 10.4. The molecule has 0 radical (unpaired) electrons. The third kappa shape index (κ3) is 6.20. The van der Waals surface area contributed by atoms with Crippen molar-refractivity contribution >= 4 is 17.5 Å². The van der Waals surface area contributed by atoms with Crippen molar-refractivity contribution in [2.75, 3.05) is 54.0 Å². The predicted molar refractivity (Wildman–Crippen MR) is 170 cm³/mol. The number of hydrogen-bond acceptors (Lipinski definition) is 9. The van der Waals surface area contributed by atoms with E-state index >= 15 is 0 Å². The maximum atomic E-state index is 13.6. The summed E-state index contributed by atoms with van der Waals surface area (Å²) in [6.45, 7) is 2.37. The molecule has 0 saturated heterocycles. The second-order valence-electron chi connectivity index (χ2n) is 11.0. The summed E-state index contributed by atoms with van der Waals surface area (Å²) in [4.78, 5) is 40.9. The SMILES string of the molecule is COc1cc2c(cc1OC)CN(C(=O)CNc1ccc3c(cc1=O)[C@@H](NC(C)=O)CCc1cc(OC)c(OC)c(OC)c1-3)CC2. The molecule has 0 fully saturated rings. The molecule has 3 aromatic rings. The third-order valence-corrected chi connectivity index (χ3v) is 8.42. The van der Waals surface area contributed by atoms with Crippen molar-refractivity contribution in [2.45, 2.75) is 38.8 Å². The molecule has 0 spiro atoms. The van der Waals surface area contributed by atoms with Crippen molar-refractivity contribution in [3.8, 4) is 39.9 Å². The minimum absolute atomic E-state index is 0.0629. The molecule has 2 amide bonds. The van der Waals surface area contributed by atoms with Gasteiger partial charge in [-0.2, -0.15) is 0 Å². The Hall–Kier alpha value is -4.93. The monoisotopic (exact) mass is 617 g/mol. The van der Waals surface area contributed by atoms with Crippen molar-refractivity contribution < 1.29 is 33.3 Å². The van der Waals surface area contributed by atoms with Crippen molar-refractivity contribution in [3.05, 3.63) is 68.9 Å². The highest BCUT2D eigenvalue weighted by Gasteiger charge is 2.30. The largest absolute Gasteiger partial charge is 0.493 e. The zero-order valence-corrected chi connectivity index (χ0v) is 26.5. The fourth-order valence-corrected chi connectivity index (χ4v) is 6.23. The second kappa shape index (κ2) is 13.4. The first kappa shape index (κ1) is 31.5. The van der Waals surface area contributed by atoms with Crippen molar-refractivity contribution in [3.63, 3.8) is 0 Å². The molecule has 2 N–H and O–H groups in total. The molecule has 0 bridgehead atoms. The number of hydrogen-bond donors (Lipinski definition) is 2. The lowest BCUT2D eigenvalue weighted by molar-refractivity contribution is -0.130. The van der Waals surface area contributed by atoms with Gasteiger partial charge in [-0.1, -0.05) is 6.07 Å². The molecule has 1 aliphatic carbocycles. The van der Waals surface area contributed by atoms with Crippen LogP contribution in [0.1, 0.15) is 41.6 Å². The van der Waals surface area contributed by atoms with Gasteiger partial charge < -0.3 is 39.2 Å². The number of nitrogens with zero attached hydrogens (tertiary/aromatic N) is 1. The number of rotatable bonds is 9. The van der Waals surface area contributed by atoms with Crippen LogP contribution < -0.4 is 39.7 Å². The lowest BCUT2D eigenvalue weighted by Crippen LogP contribution is -2.39. The second-order valence-corrected chi connectivity index (χ2v) is 11.0. The summed E-state index contributed by atoms with van der Waals surface area (Å²) in [5.41, 5.74) is 5.13. The van der Waals surface area contributed by atoms with E-state index in [4.69, 9.17) is 23.7 Å². The Kier molecular flexibility index (Phi) is 9.36. The van der Waals surface area contributed by atoms with Gasteiger partial charge in [-0.3, -0.25) is 14.4 Å². The van der Waals surface area contributed by atoms with Crippen LogP contribution in [0.25, 0.3) is 11.1 Å². The van der Waals surface area contributed by atoms with E-state index < -0.39 is 6.04 Å². The molecule has 5 rings (SSSR count). The molecule has 1 heterocycles. The Labute approximate surface area is 262 Å². The number of fused-ring (bicyclic) bond motifs is 4.